The molecule has 0 aliphatic rings. The number of para-hydroxylation sites is 3. The molecule has 7 aromatic carbocycles. The van der Waals surface area contributed by atoms with Crippen LogP contribution in [0.3, 0.4) is 0 Å². The highest BCUT2D eigenvalue weighted by atomic mass is 15.0. The van der Waals surface area contributed by atoms with E-state index in [0.29, 0.717) is 0 Å². The van der Waals surface area contributed by atoms with Gasteiger partial charge in [-0.25, -0.2) is 0 Å². The molecule has 2 nitrogen and oxygen atoms in total. The maximum atomic E-state index is 2.41. The van der Waals surface area contributed by atoms with Crippen LogP contribution in [0.25, 0.3) is 77.2 Å². The van der Waals surface area contributed by atoms with E-state index in [4.69, 9.17) is 0 Å². The zero-order chi connectivity index (χ0) is 29.9. The molecule has 9 aromatic rings. The molecule has 0 saturated heterocycles. The quantitative estimate of drug-likeness (QED) is 0.198. The topological polar surface area (TPSA) is 9.86 Å². The molecule has 0 aliphatic carbocycles. The summed E-state index contributed by atoms with van der Waals surface area (Å²) in [4.78, 5) is 0. The number of benzene rings is 7. The first-order valence-electron chi connectivity index (χ1n) is 15.5. The molecule has 45 heavy (non-hydrogen) atoms. The second-order valence-corrected chi connectivity index (χ2v) is 11.9. The summed E-state index contributed by atoms with van der Waals surface area (Å²) < 4.78 is 4.80. The SMILES string of the molecule is Cc1ccc2c(c1)c1ccccc1n2-c1ccc(-c2cc(-c3ccccc3)cc(-n3c4ccccc4c4ccccc43)c2)cc1. The summed E-state index contributed by atoms with van der Waals surface area (Å²) in [5, 5.41) is 5.11. The van der Waals surface area contributed by atoms with E-state index in [2.05, 4.69) is 180 Å². The van der Waals surface area contributed by atoms with E-state index in [9.17, 15) is 0 Å². The van der Waals surface area contributed by atoms with E-state index in [-0.39, 0.29) is 0 Å². The summed E-state index contributed by atoms with van der Waals surface area (Å²) in [7, 11) is 0. The number of nitrogens with zero attached hydrogens (tertiary/aromatic N) is 2. The van der Waals surface area contributed by atoms with Gasteiger partial charge in [-0.1, -0.05) is 109 Å². The number of aryl methyl sites for hydroxylation is 1. The van der Waals surface area contributed by atoms with Crippen LogP contribution in [0.5, 0.6) is 0 Å². The van der Waals surface area contributed by atoms with E-state index in [1.165, 1.54) is 71.4 Å². The number of rotatable bonds is 4. The first-order chi connectivity index (χ1) is 22.2. The molecule has 0 amide bonds. The standard InChI is InChI=1S/C43H30N2/c1-29-19-24-43-39(25-29)38-15-7-10-18-42(38)44(43)34-22-20-31(21-23-34)33-26-32(30-11-3-2-4-12-30)27-35(28-33)45-40-16-8-5-13-36(40)37-14-6-9-17-41(37)45/h2-28H,1H3. The minimum Gasteiger partial charge on any atom is -0.309 e. The maximum absolute atomic E-state index is 2.41. The van der Waals surface area contributed by atoms with Crippen LogP contribution in [0.2, 0.25) is 0 Å². The van der Waals surface area contributed by atoms with Crippen molar-refractivity contribution >= 4 is 43.6 Å². The zero-order valence-electron chi connectivity index (χ0n) is 25.0. The first-order valence-corrected chi connectivity index (χ1v) is 15.5. The van der Waals surface area contributed by atoms with Crippen molar-refractivity contribution in [3.8, 4) is 33.6 Å². The fourth-order valence-electron chi connectivity index (χ4n) is 7.07. The summed E-state index contributed by atoms with van der Waals surface area (Å²) in [5.74, 6) is 0. The lowest BCUT2D eigenvalue weighted by Crippen LogP contribution is -1.96. The highest BCUT2D eigenvalue weighted by molar-refractivity contribution is 6.10. The predicted molar refractivity (Wildman–Crippen MR) is 191 cm³/mol. The molecule has 2 heterocycles. The molecule has 2 aromatic heterocycles. The van der Waals surface area contributed by atoms with Crippen LogP contribution in [-0.2, 0) is 0 Å². The van der Waals surface area contributed by atoms with Crippen molar-refractivity contribution in [3.63, 3.8) is 0 Å². The Labute approximate surface area is 262 Å². The van der Waals surface area contributed by atoms with E-state index in [1.807, 2.05) is 0 Å². The van der Waals surface area contributed by atoms with Gasteiger partial charge >= 0.3 is 0 Å². The molecular weight excluding hydrogens is 544 g/mol. The van der Waals surface area contributed by atoms with Crippen molar-refractivity contribution in [2.75, 3.05) is 0 Å². The summed E-state index contributed by atoms with van der Waals surface area (Å²) >= 11 is 0. The molecule has 0 fully saturated rings. The van der Waals surface area contributed by atoms with Crippen LogP contribution >= 0.6 is 0 Å². The van der Waals surface area contributed by atoms with Crippen LogP contribution < -0.4 is 0 Å². The first kappa shape index (κ1) is 25.6. The Morgan fingerprint density at radius 1 is 0.311 bits per heavy atom. The summed E-state index contributed by atoms with van der Waals surface area (Å²) in [6.45, 7) is 2.16. The highest BCUT2D eigenvalue weighted by Crippen LogP contribution is 2.37. The average Bonchev–Trinajstić information content (AvgIpc) is 3.61. The number of aromatic nitrogens is 2. The van der Waals surface area contributed by atoms with Gasteiger partial charge in [-0.2, -0.15) is 0 Å². The Kier molecular flexibility index (Phi) is 5.76. The monoisotopic (exact) mass is 574 g/mol. The second-order valence-electron chi connectivity index (χ2n) is 11.9. The Balaban J connectivity index is 1.24. The predicted octanol–water partition coefficient (Wildman–Crippen LogP) is 11.5. The summed E-state index contributed by atoms with van der Waals surface area (Å²) in [5.41, 5.74) is 13.3. The van der Waals surface area contributed by atoms with E-state index >= 15 is 0 Å². The molecule has 0 N–H and O–H groups in total. The van der Waals surface area contributed by atoms with Gasteiger partial charge in [0.15, 0.2) is 0 Å². The lowest BCUT2D eigenvalue weighted by molar-refractivity contribution is 1.18. The Morgan fingerprint density at radius 3 is 1.38 bits per heavy atom. The molecule has 2 heteroatoms. The Hall–Kier alpha value is -5.86. The minimum atomic E-state index is 1.16. The van der Waals surface area contributed by atoms with Crippen molar-refractivity contribution in [2.45, 2.75) is 6.92 Å². The van der Waals surface area contributed by atoms with Crippen molar-refractivity contribution in [3.05, 3.63) is 169 Å². The van der Waals surface area contributed by atoms with Crippen molar-refractivity contribution in [1.82, 2.24) is 9.13 Å². The molecule has 0 radical (unpaired) electrons. The Morgan fingerprint density at radius 2 is 0.778 bits per heavy atom. The molecule has 0 saturated carbocycles. The van der Waals surface area contributed by atoms with Crippen LogP contribution in [-0.4, -0.2) is 9.13 Å². The Bertz CT molecular complexity index is 2480. The summed E-state index contributed by atoms with van der Waals surface area (Å²) in [6.07, 6.45) is 0. The van der Waals surface area contributed by atoms with Crippen molar-refractivity contribution in [2.24, 2.45) is 0 Å². The smallest absolute Gasteiger partial charge is 0.0541 e. The minimum absolute atomic E-state index is 1.16. The molecule has 0 bridgehead atoms. The molecular formula is C43H30N2. The van der Waals surface area contributed by atoms with Crippen molar-refractivity contribution in [1.29, 1.82) is 0 Å². The molecule has 0 atom stereocenters. The maximum Gasteiger partial charge on any atom is 0.0541 e. The van der Waals surface area contributed by atoms with Gasteiger partial charge in [0.05, 0.1) is 22.1 Å². The van der Waals surface area contributed by atoms with Gasteiger partial charge in [0.25, 0.3) is 0 Å². The summed E-state index contributed by atoms with van der Waals surface area (Å²) in [6, 6.07) is 59.6. The van der Waals surface area contributed by atoms with E-state index in [1.54, 1.807) is 0 Å². The van der Waals surface area contributed by atoms with Gasteiger partial charge in [-0.05, 0) is 89.8 Å². The molecule has 0 aliphatic heterocycles. The number of hydrogen-bond donors (Lipinski definition) is 0. The van der Waals surface area contributed by atoms with Gasteiger partial charge in [-0.3, -0.25) is 0 Å². The van der Waals surface area contributed by atoms with Crippen LogP contribution in [0.15, 0.2) is 164 Å². The third-order valence-electron chi connectivity index (χ3n) is 9.15. The second kappa shape index (κ2) is 10.1. The average molecular weight is 575 g/mol. The number of hydrogen-bond acceptors (Lipinski definition) is 0. The van der Waals surface area contributed by atoms with E-state index in [0.717, 1.165) is 11.4 Å². The van der Waals surface area contributed by atoms with Crippen molar-refractivity contribution < 1.29 is 0 Å². The van der Waals surface area contributed by atoms with Gasteiger partial charge in [-0.15, -0.1) is 0 Å². The fourth-order valence-corrected chi connectivity index (χ4v) is 7.07. The molecule has 0 spiro atoms. The van der Waals surface area contributed by atoms with Gasteiger partial charge in [0.2, 0.25) is 0 Å². The van der Waals surface area contributed by atoms with Gasteiger partial charge in [0.1, 0.15) is 0 Å². The van der Waals surface area contributed by atoms with Crippen LogP contribution in [0.1, 0.15) is 5.56 Å². The third-order valence-corrected chi connectivity index (χ3v) is 9.15. The fraction of sp³-hybridized carbons (Fsp3) is 0.0233. The molecule has 9 rings (SSSR count). The normalized spacial score (nSPS) is 11.7. The third kappa shape index (κ3) is 4.11. The molecule has 212 valence electrons. The van der Waals surface area contributed by atoms with Crippen LogP contribution in [0, 0.1) is 6.92 Å². The lowest BCUT2D eigenvalue weighted by Gasteiger charge is -2.15. The highest BCUT2D eigenvalue weighted by Gasteiger charge is 2.15. The zero-order valence-corrected chi connectivity index (χ0v) is 25.0. The largest absolute Gasteiger partial charge is 0.309 e. The van der Waals surface area contributed by atoms with E-state index < -0.39 is 0 Å². The van der Waals surface area contributed by atoms with Gasteiger partial charge in [0, 0.05) is 32.9 Å². The van der Waals surface area contributed by atoms with Gasteiger partial charge < -0.3 is 9.13 Å². The lowest BCUT2D eigenvalue weighted by atomic mass is 9.97. The molecule has 0 unspecified atom stereocenters. The number of fused-ring (bicyclic) bond motifs is 6. The van der Waals surface area contributed by atoms with Crippen LogP contribution in [0.4, 0.5) is 0 Å².